The average Bonchev–Trinajstić information content (AvgIpc) is 2.41. The van der Waals surface area contributed by atoms with Gasteiger partial charge in [-0.1, -0.05) is 19.1 Å². The zero-order valence-electron chi connectivity index (χ0n) is 11.5. The molecular weight excluding hydrogens is 280 g/mol. The molecule has 0 fully saturated rings. The summed E-state index contributed by atoms with van der Waals surface area (Å²) in [6, 6.07) is 6.92. The third kappa shape index (κ3) is 6.23. The number of hydrogen-bond donors (Lipinski definition) is 1. The smallest absolute Gasteiger partial charge is 0.299 e. The molecule has 1 rings (SSSR count). The monoisotopic (exact) mass is 300 g/mol. The first-order valence-corrected chi connectivity index (χ1v) is 7.40. The van der Waals surface area contributed by atoms with Crippen molar-refractivity contribution in [2.45, 2.75) is 31.1 Å². The number of unbranched alkanes of at least 4 members (excludes halogenated alkanes) is 1. The van der Waals surface area contributed by atoms with E-state index in [1.54, 1.807) is 18.2 Å². The van der Waals surface area contributed by atoms with Gasteiger partial charge in [0.1, 0.15) is 5.75 Å². The Morgan fingerprint density at radius 2 is 2.10 bits per heavy atom. The van der Waals surface area contributed by atoms with E-state index in [1.807, 2.05) is 6.07 Å². The van der Waals surface area contributed by atoms with Gasteiger partial charge in [0.25, 0.3) is 5.09 Å². The van der Waals surface area contributed by atoms with Crippen LogP contribution in [-0.4, -0.2) is 34.2 Å². The lowest BCUT2D eigenvalue weighted by atomic mass is 10.3. The van der Waals surface area contributed by atoms with E-state index in [4.69, 9.17) is 5.11 Å². The van der Waals surface area contributed by atoms with Gasteiger partial charge in [-0.3, -0.25) is 4.84 Å². The molecule has 0 saturated carbocycles. The summed E-state index contributed by atoms with van der Waals surface area (Å²) in [6.07, 6.45) is 2.64. The molecule has 1 aromatic rings. The van der Waals surface area contributed by atoms with E-state index in [0.717, 1.165) is 37.2 Å². The number of rotatable bonds is 10. The number of benzene rings is 1. The average molecular weight is 300 g/mol. The first-order valence-electron chi connectivity index (χ1n) is 6.62. The standard InChI is InChI=1S/C13H20N2O4S/c1-2-9-14(10-5-6-11-16)20-13-8-4-3-7-12(13)19-15(17)18/h3-4,7-8,16H,2,5-6,9-11H2,1H3. The Labute approximate surface area is 123 Å². The van der Waals surface area contributed by atoms with Crippen LogP contribution in [0.15, 0.2) is 29.2 Å². The van der Waals surface area contributed by atoms with Gasteiger partial charge in [-0.2, -0.15) is 0 Å². The molecule has 0 aliphatic heterocycles. The van der Waals surface area contributed by atoms with Crippen LogP contribution in [-0.2, 0) is 0 Å². The van der Waals surface area contributed by atoms with Crippen molar-refractivity contribution in [3.63, 3.8) is 0 Å². The summed E-state index contributed by atoms with van der Waals surface area (Å²) in [5.74, 6) is 0.255. The maximum atomic E-state index is 10.5. The van der Waals surface area contributed by atoms with E-state index < -0.39 is 5.09 Å². The predicted molar refractivity (Wildman–Crippen MR) is 78.1 cm³/mol. The quantitative estimate of drug-likeness (QED) is 0.310. The molecule has 0 amide bonds. The van der Waals surface area contributed by atoms with Crippen LogP contribution >= 0.6 is 11.9 Å². The summed E-state index contributed by atoms with van der Waals surface area (Å²) in [4.78, 5) is 15.8. The van der Waals surface area contributed by atoms with Gasteiger partial charge in [-0.25, -0.2) is 4.31 Å². The maximum Gasteiger partial charge on any atom is 0.299 e. The van der Waals surface area contributed by atoms with Crippen molar-refractivity contribution >= 4 is 11.9 Å². The van der Waals surface area contributed by atoms with Crippen LogP contribution in [0.1, 0.15) is 26.2 Å². The van der Waals surface area contributed by atoms with Crippen molar-refractivity contribution in [2.24, 2.45) is 0 Å². The van der Waals surface area contributed by atoms with Crippen LogP contribution in [0.2, 0.25) is 0 Å². The molecule has 0 aliphatic carbocycles. The van der Waals surface area contributed by atoms with Crippen molar-refractivity contribution in [1.82, 2.24) is 4.31 Å². The van der Waals surface area contributed by atoms with Gasteiger partial charge in [0, 0.05) is 19.7 Å². The Morgan fingerprint density at radius 3 is 2.75 bits per heavy atom. The summed E-state index contributed by atoms with van der Waals surface area (Å²) in [7, 11) is 0. The molecule has 0 unspecified atom stereocenters. The van der Waals surface area contributed by atoms with Gasteiger partial charge >= 0.3 is 0 Å². The maximum absolute atomic E-state index is 10.5. The zero-order valence-corrected chi connectivity index (χ0v) is 12.3. The van der Waals surface area contributed by atoms with Crippen LogP contribution in [0.4, 0.5) is 0 Å². The van der Waals surface area contributed by atoms with Gasteiger partial charge in [0.2, 0.25) is 0 Å². The summed E-state index contributed by atoms with van der Waals surface area (Å²) >= 11 is 1.45. The molecule has 1 N–H and O–H groups in total. The van der Waals surface area contributed by atoms with Crippen LogP contribution in [0.3, 0.4) is 0 Å². The first-order chi connectivity index (χ1) is 9.67. The van der Waals surface area contributed by atoms with Crippen molar-refractivity contribution in [3.05, 3.63) is 34.4 Å². The number of aliphatic hydroxyl groups excluding tert-OH is 1. The highest BCUT2D eigenvalue weighted by Gasteiger charge is 2.11. The van der Waals surface area contributed by atoms with E-state index in [-0.39, 0.29) is 12.4 Å². The molecule has 0 atom stereocenters. The third-order valence-electron chi connectivity index (χ3n) is 2.54. The summed E-state index contributed by atoms with van der Waals surface area (Å²) in [6.45, 7) is 3.97. The van der Waals surface area contributed by atoms with Crippen molar-refractivity contribution in [2.75, 3.05) is 19.7 Å². The summed E-state index contributed by atoms with van der Waals surface area (Å²) in [5.41, 5.74) is 0. The minimum absolute atomic E-state index is 0.186. The Balaban J connectivity index is 2.68. The molecular formula is C13H20N2O4S. The highest BCUT2D eigenvalue weighted by molar-refractivity contribution is 7.97. The highest BCUT2D eigenvalue weighted by Crippen LogP contribution is 2.32. The van der Waals surface area contributed by atoms with Gasteiger partial charge < -0.3 is 5.11 Å². The lowest BCUT2D eigenvalue weighted by Crippen LogP contribution is -2.18. The molecule has 0 radical (unpaired) electrons. The molecule has 6 nitrogen and oxygen atoms in total. The Hall–Kier alpha value is -1.31. The molecule has 0 spiro atoms. The topological polar surface area (TPSA) is 75.8 Å². The molecule has 0 heterocycles. The SMILES string of the molecule is CCCN(CCCCO)Sc1ccccc1O[N+](=O)[O-]. The lowest BCUT2D eigenvalue weighted by molar-refractivity contribution is -0.711. The predicted octanol–water partition coefficient (Wildman–Crippen LogP) is 2.75. The zero-order chi connectivity index (χ0) is 14.8. The molecule has 20 heavy (non-hydrogen) atoms. The van der Waals surface area contributed by atoms with Gasteiger partial charge in [-0.05, 0) is 43.3 Å². The highest BCUT2D eigenvalue weighted by atomic mass is 32.2. The summed E-state index contributed by atoms with van der Waals surface area (Å²) < 4.78 is 2.14. The Bertz CT molecular complexity index is 417. The van der Waals surface area contributed by atoms with E-state index >= 15 is 0 Å². The fourth-order valence-electron chi connectivity index (χ4n) is 1.67. The van der Waals surface area contributed by atoms with Crippen LogP contribution in [0.25, 0.3) is 0 Å². The largest absolute Gasteiger partial charge is 0.396 e. The van der Waals surface area contributed by atoms with Crippen LogP contribution < -0.4 is 4.84 Å². The van der Waals surface area contributed by atoms with Crippen molar-refractivity contribution < 1.29 is 15.0 Å². The van der Waals surface area contributed by atoms with Gasteiger partial charge in [0.05, 0.1) is 4.90 Å². The van der Waals surface area contributed by atoms with Crippen molar-refractivity contribution in [1.29, 1.82) is 0 Å². The second kappa shape index (κ2) is 9.57. The van der Waals surface area contributed by atoms with Crippen LogP contribution in [0.5, 0.6) is 5.75 Å². The Morgan fingerprint density at radius 1 is 1.35 bits per heavy atom. The number of aliphatic hydroxyl groups is 1. The minimum Gasteiger partial charge on any atom is -0.396 e. The Kier molecular flexibility index (Phi) is 8.01. The number of para-hydroxylation sites is 1. The third-order valence-corrected chi connectivity index (χ3v) is 3.70. The van der Waals surface area contributed by atoms with Gasteiger partial charge in [0.15, 0.2) is 0 Å². The fourth-order valence-corrected chi connectivity index (χ4v) is 2.78. The molecule has 0 saturated heterocycles. The van der Waals surface area contributed by atoms with Gasteiger partial charge in [-0.15, -0.1) is 10.1 Å². The molecule has 0 bridgehead atoms. The molecule has 0 aromatic heterocycles. The van der Waals surface area contributed by atoms with E-state index in [9.17, 15) is 10.1 Å². The number of nitrogens with zero attached hydrogens (tertiary/aromatic N) is 2. The van der Waals surface area contributed by atoms with Crippen LogP contribution in [0, 0.1) is 10.1 Å². The first kappa shape index (κ1) is 16.7. The molecule has 1 aromatic carbocycles. The normalized spacial score (nSPS) is 10.8. The molecule has 0 aliphatic rings. The summed E-state index contributed by atoms with van der Waals surface area (Å²) in [5, 5.41) is 18.5. The van der Waals surface area contributed by atoms with E-state index in [2.05, 4.69) is 16.1 Å². The minimum atomic E-state index is -0.796. The number of hydrogen-bond acceptors (Lipinski definition) is 6. The lowest BCUT2D eigenvalue weighted by Gasteiger charge is -2.21. The van der Waals surface area contributed by atoms with E-state index in [0.29, 0.717) is 0 Å². The molecule has 7 heteroatoms. The second-order valence-corrected chi connectivity index (χ2v) is 5.35. The van der Waals surface area contributed by atoms with E-state index in [1.165, 1.54) is 11.9 Å². The fraction of sp³-hybridized carbons (Fsp3) is 0.538. The molecule has 112 valence electrons. The van der Waals surface area contributed by atoms with Crippen molar-refractivity contribution in [3.8, 4) is 5.75 Å². The second-order valence-electron chi connectivity index (χ2n) is 4.21.